The van der Waals surface area contributed by atoms with Crippen molar-refractivity contribution in [2.45, 2.75) is 49.8 Å². The molecule has 2 atom stereocenters. The Kier molecular flexibility index (Phi) is 2.91. The smallest absolute Gasteiger partial charge is 0.129 e. The van der Waals surface area contributed by atoms with Crippen LogP contribution >= 0.6 is 0 Å². The Bertz CT molecular complexity index is 434. The maximum atomic E-state index is 13.9. The van der Waals surface area contributed by atoms with Crippen molar-refractivity contribution in [3.05, 3.63) is 35.6 Å². The Morgan fingerprint density at radius 1 is 1.22 bits per heavy atom. The quantitative estimate of drug-likeness (QED) is 0.827. The van der Waals surface area contributed by atoms with Crippen molar-refractivity contribution in [3.63, 3.8) is 0 Å². The van der Waals surface area contributed by atoms with Crippen molar-refractivity contribution in [2.24, 2.45) is 0 Å². The van der Waals surface area contributed by atoms with Crippen molar-refractivity contribution in [3.8, 4) is 0 Å². The van der Waals surface area contributed by atoms with E-state index in [-0.39, 0.29) is 5.82 Å². The number of nitrogens with zero attached hydrogens (tertiary/aromatic N) is 1. The van der Waals surface area contributed by atoms with Gasteiger partial charge in [0.25, 0.3) is 0 Å². The lowest BCUT2D eigenvalue weighted by atomic mass is 9.73. The van der Waals surface area contributed by atoms with E-state index in [1.807, 2.05) is 6.07 Å². The first-order valence-electron chi connectivity index (χ1n) is 6.79. The maximum absolute atomic E-state index is 13.9. The van der Waals surface area contributed by atoms with E-state index < -0.39 is 5.60 Å². The molecule has 1 aromatic carbocycles. The molecule has 2 bridgehead atoms. The monoisotopic (exact) mass is 249 g/mol. The van der Waals surface area contributed by atoms with Gasteiger partial charge in [-0.1, -0.05) is 24.6 Å². The van der Waals surface area contributed by atoms with E-state index in [9.17, 15) is 9.50 Å². The molecule has 2 aliphatic heterocycles. The lowest BCUT2D eigenvalue weighted by molar-refractivity contribution is -0.0891. The third-order valence-corrected chi connectivity index (χ3v) is 4.75. The molecule has 2 nitrogen and oxygen atoms in total. The molecule has 0 radical (unpaired) electrons. The summed E-state index contributed by atoms with van der Waals surface area (Å²) >= 11 is 0. The van der Waals surface area contributed by atoms with Gasteiger partial charge >= 0.3 is 0 Å². The normalized spacial score (nSPS) is 36.6. The van der Waals surface area contributed by atoms with Gasteiger partial charge in [0.1, 0.15) is 5.82 Å². The predicted molar refractivity (Wildman–Crippen MR) is 68.7 cm³/mol. The van der Waals surface area contributed by atoms with Gasteiger partial charge in [0.15, 0.2) is 0 Å². The molecule has 0 aromatic heterocycles. The van der Waals surface area contributed by atoms with Crippen LogP contribution in [0.3, 0.4) is 0 Å². The molecule has 0 amide bonds. The summed E-state index contributed by atoms with van der Waals surface area (Å²) in [5, 5.41) is 10.9. The summed E-state index contributed by atoms with van der Waals surface area (Å²) in [4.78, 5) is 2.37. The van der Waals surface area contributed by atoms with Crippen LogP contribution in [0.2, 0.25) is 0 Å². The average molecular weight is 249 g/mol. The Balaban J connectivity index is 1.94. The maximum Gasteiger partial charge on any atom is 0.129 e. The van der Waals surface area contributed by atoms with Crippen molar-refractivity contribution < 1.29 is 9.50 Å². The van der Waals surface area contributed by atoms with Gasteiger partial charge < -0.3 is 10.0 Å². The molecule has 0 aliphatic carbocycles. The molecule has 2 saturated heterocycles. The summed E-state index contributed by atoms with van der Waals surface area (Å²) in [5.74, 6) is -0.275. The van der Waals surface area contributed by atoms with Gasteiger partial charge in [0.05, 0.1) is 5.60 Å². The number of fused-ring (bicyclic) bond motifs is 2. The van der Waals surface area contributed by atoms with E-state index in [1.165, 1.54) is 12.5 Å². The minimum absolute atomic E-state index is 0.275. The predicted octanol–water partition coefficient (Wildman–Crippen LogP) is 2.66. The van der Waals surface area contributed by atoms with Crippen LogP contribution in [0.15, 0.2) is 24.3 Å². The topological polar surface area (TPSA) is 23.5 Å². The van der Waals surface area contributed by atoms with E-state index >= 15 is 0 Å². The van der Waals surface area contributed by atoms with E-state index in [0.717, 1.165) is 12.8 Å². The number of halogens is 1. The SMILES string of the molecule is CN1C2CCCC1CC(O)(c1ccccc1F)C2. The Morgan fingerprint density at radius 2 is 1.83 bits per heavy atom. The lowest BCUT2D eigenvalue weighted by Gasteiger charge is -2.50. The number of hydrogen-bond donors (Lipinski definition) is 1. The molecule has 2 heterocycles. The Labute approximate surface area is 107 Å². The summed E-state index contributed by atoms with van der Waals surface area (Å²) in [7, 11) is 2.13. The van der Waals surface area contributed by atoms with Crippen LogP contribution in [-0.2, 0) is 5.60 Å². The van der Waals surface area contributed by atoms with Gasteiger partial charge in [-0.05, 0) is 38.8 Å². The summed E-state index contributed by atoms with van der Waals surface area (Å²) in [6, 6.07) is 7.45. The van der Waals surface area contributed by atoms with Gasteiger partial charge in [-0.25, -0.2) is 4.39 Å². The third kappa shape index (κ3) is 1.86. The van der Waals surface area contributed by atoms with Gasteiger partial charge in [-0.3, -0.25) is 0 Å². The standard InChI is InChI=1S/C15H20FNO/c1-17-11-5-4-6-12(17)10-15(18,9-11)13-7-2-3-8-14(13)16/h2-3,7-8,11-12,18H,4-6,9-10H2,1H3. The molecule has 1 aromatic rings. The molecular weight excluding hydrogens is 229 g/mol. The molecule has 2 unspecified atom stereocenters. The van der Waals surface area contributed by atoms with Gasteiger partial charge in [-0.15, -0.1) is 0 Å². The molecule has 3 heteroatoms. The molecular formula is C15H20FNO. The molecule has 2 fully saturated rings. The Hall–Kier alpha value is -0.930. The van der Waals surface area contributed by atoms with Crippen LogP contribution < -0.4 is 0 Å². The zero-order valence-electron chi connectivity index (χ0n) is 10.8. The fourth-order valence-electron chi connectivity index (χ4n) is 3.71. The zero-order chi connectivity index (χ0) is 12.8. The highest BCUT2D eigenvalue weighted by molar-refractivity contribution is 5.26. The van der Waals surface area contributed by atoms with E-state index in [4.69, 9.17) is 0 Å². The number of benzene rings is 1. The summed E-state index contributed by atoms with van der Waals surface area (Å²) < 4.78 is 13.9. The number of aliphatic hydroxyl groups is 1. The van der Waals surface area contributed by atoms with Crippen LogP contribution in [0.1, 0.15) is 37.7 Å². The highest BCUT2D eigenvalue weighted by atomic mass is 19.1. The van der Waals surface area contributed by atoms with E-state index in [1.54, 1.807) is 12.1 Å². The summed E-state index contributed by atoms with van der Waals surface area (Å²) in [6.07, 6.45) is 4.77. The first-order chi connectivity index (χ1) is 8.60. The van der Waals surface area contributed by atoms with Crippen molar-refractivity contribution in [1.29, 1.82) is 0 Å². The number of rotatable bonds is 1. The third-order valence-electron chi connectivity index (χ3n) is 4.75. The van der Waals surface area contributed by atoms with E-state index in [0.29, 0.717) is 30.5 Å². The minimum Gasteiger partial charge on any atom is -0.385 e. The van der Waals surface area contributed by atoms with Crippen molar-refractivity contribution >= 4 is 0 Å². The van der Waals surface area contributed by atoms with Crippen LogP contribution in [0.4, 0.5) is 4.39 Å². The summed E-state index contributed by atoms with van der Waals surface area (Å²) in [6.45, 7) is 0. The van der Waals surface area contributed by atoms with Gasteiger partial charge in [0.2, 0.25) is 0 Å². The first-order valence-corrected chi connectivity index (χ1v) is 6.79. The molecule has 0 saturated carbocycles. The second kappa shape index (κ2) is 4.32. The van der Waals surface area contributed by atoms with Crippen LogP contribution in [-0.4, -0.2) is 29.1 Å². The largest absolute Gasteiger partial charge is 0.385 e. The second-order valence-electron chi connectivity index (χ2n) is 5.82. The van der Waals surface area contributed by atoms with Crippen molar-refractivity contribution in [1.82, 2.24) is 4.90 Å². The number of piperidine rings is 2. The molecule has 0 spiro atoms. The minimum atomic E-state index is -0.979. The average Bonchev–Trinajstić information content (AvgIpc) is 2.32. The highest BCUT2D eigenvalue weighted by Crippen LogP contribution is 2.44. The molecule has 3 rings (SSSR count). The van der Waals surface area contributed by atoms with Crippen LogP contribution in [0, 0.1) is 5.82 Å². The first kappa shape index (κ1) is 12.1. The van der Waals surface area contributed by atoms with Gasteiger partial charge in [-0.2, -0.15) is 0 Å². The van der Waals surface area contributed by atoms with Gasteiger partial charge in [0, 0.05) is 17.6 Å². The second-order valence-corrected chi connectivity index (χ2v) is 5.82. The molecule has 98 valence electrons. The lowest BCUT2D eigenvalue weighted by Crippen LogP contribution is -2.55. The van der Waals surface area contributed by atoms with Crippen LogP contribution in [0.5, 0.6) is 0 Å². The molecule has 2 aliphatic rings. The molecule has 18 heavy (non-hydrogen) atoms. The summed E-state index contributed by atoms with van der Waals surface area (Å²) in [5.41, 5.74) is -0.497. The Morgan fingerprint density at radius 3 is 2.44 bits per heavy atom. The fourth-order valence-corrected chi connectivity index (χ4v) is 3.71. The molecule has 1 N–H and O–H groups in total. The van der Waals surface area contributed by atoms with Crippen LogP contribution in [0.25, 0.3) is 0 Å². The van der Waals surface area contributed by atoms with Crippen molar-refractivity contribution in [2.75, 3.05) is 7.05 Å². The fraction of sp³-hybridized carbons (Fsp3) is 0.600. The van der Waals surface area contributed by atoms with E-state index in [2.05, 4.69) is 11.9 Å². The zero-order valence-corrected chi connectivity index (χ0v) is 10.8. The highest BCUT2D eigenvalue weighted by Gasteiger charge is 2.45. The number of hydrogen-bond acceptors (Lipinski definition) is 2.